The van der Waals surface area contributed by atoms with Crippen LogP contribution in [0, 0.1) is 0 Å². The molecule has 7 heteroatoms. The Hall–Kier alpha value is -3.09. The van der Waals surface area contributed by atoms with Gasteiger partial charge in [0.15, 0.2) is 0 Å². The van der Waals surface area contributed by atoms with Crippen LogP contribution in [-0.2, 0) is 16.5 Å². The van der Waals surface area contributed by atoms with Crippen molar-refractivity contribution in [1.82, 2.24) is 9.13 Å². The van der Waals surface area contributed by atoms with E-state index in [2.05, 4.69) is 0 Å². The highest BCUT2D eigenvalue weighted by molar-refractivity contribution is 6.08. The third kappa shape index (κ3) is 2.96. The fourth-order valence-electron chi connectivity index (χ4n) is 2.84. The van der Waals surface area contributed by atoms with Crippen LogP contribution in [0.5, 0.6) is 0 Å². The quantitative estimate of drug-likeness (QED) is 0.626. The molecule has 3 rings (SSSR count). The van der Waals surface area contributed by atoms with Crippen LogP contribution in [0.25, 0.3) is 21.7 Å². The molecule has 2 aromatic heterocycles. The summed E-state index contributed by atoms with van der Waals surface area (Å²) in [7, 11) is 2.95. The van der Waals surface area contributed by atoms with Crippen molar-refractivity contribution in [3.63, 3.8) is 0 Å². The Morgan fingerprint density at radius 2 is 1.69 bits per heavy atom. The summed E-state index contributed by atoms with van der Waals surface area (Å²) in [6.45, 7) is 5.31. The molecule has 0 amide bonds. The van der Waals surface area contributed by atoms with Crippen molar-refractivity contribution in [3.05, 3.63) is 46.5 Å². The number of pyridine rings is 1. The highest BCUT2D eigenvalue weighted by Gasteiger charge is 2.20. The van der Waals surface area contributed by atoms with Crippen LogP contribution in [-0.4, -0.2) is 33.9 Å². The van der Waals surface area contributed by atoms with Gasteiger partial charge in [-0.25, -0.2) is 9.59 Å². The normalized spacial score (nSPS) is 11.7. The van der Waals surface area contributed by atoms with Crippen LogP contribution in [0.1, 0.15) is 31.1 Å². The second-order valence-corrected chi connectivity index (χ2v) is 7.06. The van der Waals surface area contributed by atoms with Crippen molar-refractivity contribution < 1.29 is 19.1 Å². The minimum atomic E-state index is -0.654. The molecule has 136 valence electrons. The predicted octanol–water partition coefficient (Wildman–Crippen LogP) is 3.06. The van der Waals surface area contributed by atoms with Gasteiger partial charge in [-0.2, -0.15) is 0 Å². The Kier molecular flexibility index (Phi) is 4.10. The summed E-state index contributed by atoms with van der Waals surface area (Å²) < 4.78 is 12.9. The van der Waals surface area contributed by atoms with Gasteiger partial charge in [-0.1, -0.05) is 0 Å². The summed E-state index contributed by atoms with van der Waals surface area (Å²) >= 11 is 0. The van der Waals surface area contributed by atoms with Gasteiger partial charge in [0.1, 0.15) is 5.60 Å². The molecule has 0 fully saturated rings. The third-order valence-corrected chi connectivity index (χ3v) is 4.04. The zero-order valence-corrected chi connectivity index (χ0v) is 15.3. The summed E-state index contributed by atoms with van der Waals surface area (Å²) in [5.74, 6) is -0.472. The number of fused-ring (bicyclic) bond motifs is 3. The predicted molar refractivity (Wildman–Crippen MR) is 97.7 cm³/mol. The Morgan fingerprint density at radius 3 is 2.31 bits per heavy atom. The van der Waals surface area contributed by atoms with E-state index in [1.165, 1.54) is 22.4 Å². The Morgan fingerprint density at radius 1 is 1.04 bits per heavy atom. The van der Waals surface area contributed by atoms with E-state index in [0.29, 0.717) is 27.2 Å². The minimum absolute atomic E-state index is 0.236. The Bertz CT molecular complexity index is 1100. The molecule has 0 saturated carbocycles. The highest BCUT2D eigenvalue weighted by atomic mass is 16.6. The number of hydrogen-bond donors (Lipinski definition) is 0. The first-order chi connectivity index (χ1) is 12.1. The van der Waals surface area contributed by atoms with Gasteiger partial charge in [-0.3, -0.25) is 9.36 Å². The maximum Gasteiger partial charge on any atom is 0.418 e. The minimum Gasteiger partial charge on any atom is -0.465 e. The van der Waals surface area contributed by atoms with E-state index >= 15 is 0 Å². The Balaban J connectivity index is 2.28. The number of nitrogens with zero attached hydrogens (tertiary/aromatic N) is 2. The molecular formula is C19H20N2O5. The summed E-state index contributed by atoms with van der Waals surface area (Å²) in [6.07, 6.45) is 2.43. The molecule has 0 N–H and O–H groups in total. The molecule has 26 heavy (non-hydrogen) atoms. The van der Waals surface area contributed by atoms with Crippen molar-refractivity contribution >= 4 is 33.7 Å². The average Bonchev–Trinajstić information content (AvgIpc) is 3.03. The first-order valence-electron chi connectivity index (χ1n) is 8.08. The summed E-state index contributed by atoms with van der Waals surface area (Å²) in [4.78, 5) is 36.8. The van der Waals surface area contributed by atoms with Crippen molar-refractivity contribution in [2.24, 2.45) is 7.05 Å². The van der Waals surface area contributed by atoms with Crippen LogP contribution in [0.15, 0.2) is 35.4 Å². The fraction of sp³-hybridized carbons (Fsp3) is 0.316. The van der Waals surface area contributed by atoms with E-state index in [0.717, 1.165) is 0 Å². The average molecular weight is 356 g/mol. The van der Waals surface area contributed by atoms with Gasteiger partial charge in [0.05, 0.1) is 23.6 Å². The zero-order chi connectivity index (χ0) is 19.2. The number of ether oxygens (including phenoxy) is 2. The van der Waals surface area contributed by atoms with Gasteiger partial charge in [-0.05, 0) is 39.0 Å². The fourth-order valence-corrected chi connectivity index (χ4v) is 2.84. The first-order valence-corrected chi connectivity index (χ1v) is 8.08. The first kappa shape index (κ1) is 17.7. The number of hydrogen-bond acceptors (Lipinski definition) is 5. The molecule has 0 aliphatic rings. The number of esters is 1. The monoisotopic (exact) mass is 356 g/mol. The number of benzene rings is 1. The molecule has 0 radical (unpaired) electrons. The molecule has 0 aliphatic carbocycles. The standard InChI is InChI=1S/C19H20N2O5/c1-19(2,3)26-18(24)21-9-13-12-8-11(17(23)25-5)6-7-15(12)20(4)16(22)14(13)10-21/h6-10H,1-5H3. The van der Waals surface area contributed by atoms with Crippen LogP contribution in [0.4, 0.5) is 4.79 Å². The van der Waals surface area contributed by atoms with Crippen LogP contribution in [0.3, 0.4) is 0 Å². The van der Waals surface area contributed by atoms with E-state index in [1.54, 1.807) is 52.2 Å². The number of aromatic nitrogens is 2. The number of aryl methyl sites for hydroxylation is 1. The molecule has 0 bridgehead atoms. The van der Waals surface area contributed by atoms with Crippen molar-refractivity contribution in [3.8, 4) is 0 Å². The van der Waals surface area contributed by atoms with Gasteiger partial charge in [0.25, 0.3) is 5.56 Å². The third-order valence-electron chi connectivity index (χ3n) is 4.04. The van der Waals surface area contributed by atoms with Gasteiger partial charge in [0.2, 0.25) is 0 Å². The SMILES string of the molecule is COC(=O)c1ccc2c(c1)c1cn(C(=O)OC(C)(C)C)cc1c(=O)n2C. The molecule has 0 spiro atoms. The second-order valence-electron chi connectivity index (χ2n) is 7.06. The number of methoxy groups -OCH3 is 1. The number of carbonyl (C=O) groups excluding carboxylic acids is 2. The highest BCUT2D eigenvalue weighted by Crippen LogP contribution is 2.25. The lowest BCUT2D eigenvalue weighted by Gasteiger charge is -2.19. The van der Waals surface area contributed by atoms with Crippen LogP contribution >= 0.6 is 0 Å². The van der Waals surface area contributed by atoms with Gasteiger partial charge >= 0.3 is 12.1 Å². The van der Waals surface area contributed by atoms with E-state index in [4.69, 9.17) is 9.47 Å². The van der Waals surface area contributed by atoms with Crippen molar-refractivity contribution in [1.29, 1.82) is 0 Å². The van der Waals surface area contributed by atoms with Gasteiger partial charge in [-0.15, -0.1) is 0 Å². The molecule has 7 nitrogen and oxygen atoms in total. The maximum atomic E-state index is 12.6. The lowest BCUT2D eigenvalue weighted by molar-refractivity contribution is 0.0536. The molecule has 2 heterocycles. The summed E-state index contributed by atoms with van der Waals surface area (Å²) in [5, 5.41) is 1.61. The molecule has 0 saturated heterocycles. The molecule has 3 aromatic rings. The molecule has 0 unspecified atom stereocenters. The van der Waals surface area contributed by atoms with Gasteiger partial charge < -0.3 is 14.0 Å². The maximum absolute atomic E-state index is 12.6. The summed E-state index contributed by atoms with van der Waals surface area (Å²) in [5.41, 5.74) is 0.126. The van der Waals surface area contributed by atoms with Crippen LogP contribution < -0.4 is 5.56 Å². The smallest absolute Gasteiger partial charge is 0.418 e. The van der Waals surface area contributed by atoms with Crippen molar-refractivity contribution in [2.75, 3.05) is 7.11 Å². The lowest BCUT2D eigenvalue weighted by atomic mass is 10.1. The number of rotatable bonds is 1. The Labute approximate surface area is 149 Å². The lowest BCUT2D eigenvalue weighted by Crippen LogP contribution is -2.26. The molecule has 0 atom stereocenters. The van der Waals surface area contributed by atoms with E-state index < -0.39 is 17.7 Å². The molecule has 1 aromatic carbocycles. The summed E-state index contributed by atoms with van der Waals surface area (Å²) in [6, 6.07) is 4.94. The van der Waals surface area contributed by atoms with E-state index in [9.17, 15) is 14.4 Å². The van der Waals surface area contributed by atoms with Gasteiger partial charge in [0, 0.05) is 30.2 Å². The van der Waals surface area contributed by atoms with Crippen LogP contribution in [0.2, 0.25) is 0 Å². The molecular weight excluding hydrogens is 336 g/mol. The largest absolute Gasteiger partial charge is 0.465 e. The topological polar surface area (TPSA) is 79.5 Å². The second kappa shape index (κ2) is 6.01. The number of carbonyl (C=O) groups is 2. The van der Waals surface area contributed by atoms with E-state index in [-0.39, 0.29) is 5.56 Å². The molecule has 0 aliphatic heterocycles. The van der Waals surface area contributed by atoms with E-state index in [1.807, 2.05) is 0 Å². The van der Waals surface area contributed by atoms with Crippen molar-refractivity contribution in [2.45, 2.75) is 26.4 Å². The zero-order valence-electron chi connectivity index (χ0n) is 15.3.